The Morgan fingerprint density at radius 1 is 1.44 bits per heavy atom. The van der Waals surface area contributed by atoms with Gasteiger partial charge in [-0.15, -0.1) is 11.8 Å². The van der Waals surface area contributed by atoms with Crippen LogP contribution in [0.15, 0.2) is 29.2 Å². The SMILES string of the molecule is N=C(C=O)c1ccc(SC2CCOC2)cc1. The number of carbonyl (C=O) groups is 1. The van der Waals surface area contributed by atoms with Crippen LogP contribution in [-0.4, -0.2) is 30.5 Å². The maximum absolute atomic E-state index is 10.4. The molecule has 3 nitrogen and oxygen atoms in total. The highest BCUT2D eigenvalue weighted by Crippen LogP contribution is 2.28. The van der Waals surface area contributed by atoms with Crippen molar-refractivity contribution in [3.63, 3.8) is 0 Å². The first-order valence-corrected chi connectivity index (χ1v) is 6.06. The van der Waals surface area contributed by atoms with Gasteiger partial charge in [-0.3, -0.25) is 10.2 Å². The second-order valence-corrected chi connectivity index (χ2v) is 5.03. The molecule has 0 aromatic heterocycles. The molecule has 1 aliphatic rings. The number of aldehydes is 1. The Hall–Kier alpha value is -1.13. The largest absolute Gasteiger partial charge is 0.380 e. The molecular formula is C12H13NO2S. The van der Waals surface area contributed by atoms with Crippen molar-refractivity contribution in [2.45, 2.75) is 16.6 Å². The maximum Gasteiger partial charge on any atom is 0.168 e. The van der Waals surface area contributed by atoms with Gasteiger partial charge in [0.2, 0.25) is 0 Å². The van der Waals surface area contributed by atoms with Crippen molar-refractivity contribution >= 4 is 23.8 Å². The van der Waals surface area contributed by atoms with E-state index in [1.54, 1.807) is 11.8 Å². The van der Waals surface area contributed by atoms with Crippen molar-refractivity contribution < 1.29 is 9.53 Å². The number of benzene rings is 1. The van der Waals surface area contributed by atoms with Gasteiger partial charge < -0.3 is 4.74 Å². The Bertz CT molecular complexity index is 383. The normalized spacial score (nSPS) is 19.6. The maximum atomic E-state index is 10.4. The summed E-state index contributed by atoms with van der Waals surface area (Å²) in [5, 5.41) is 7.92. The van der Waals surface area contributed by atoms with Crippen LogP contribution in [0.5, 0.6) is 0 Å². The van der Waals surface area contributed by atoms with E-state index in [0.717, 1.165) is 24.5 Å². The molecule has 84 valence electrons. The lowest BCUT2D eigenvalue weighted by Gasteiger charge is -2.07. The van der Waals surface area contributed by atoms with E-state index >= 15 is 0 Å². The predicted octanol–water partition coefficient (Wildman–Crippen LogP) is 2.13. The number of thioether (sulfide) groups is 1. The number of rotatable bonds is 4. The molecule has 16 heavy (non-hydrogen) atoms. The third-order valence-corrected chi connectivity index (χ3v) is 3.72. The van der Waals surface area contributed by atoms with Gasteiger partial charge in [-0.1, -0.05) is 12.1 Å². The summed E-state index contributed by atoms with van der Waals surface area (Å²) in [7, 11) is 0. The lowest BCUT2D eigenvalue weighted by molar-refractivity contribution is -0.102. The molecular weight excluding hydrogens is 222 g/mol. The van der Waals surface area contributed by atoms with Crippen molar-refractivity contribution in [3.8, 4) is 0 Å². The van der Waals surface area contributed by atoms with E-state index in [0.29, 0.717) is 17.1 Å². The molecule has 0 saturated carbocycles. The van der Waals surface area contributed by atoms with Crippen LogP contribution in [0.25, 0.3) is 0 Å². The minimum atomic E-state index is 0.0285. The molecule has 4 heteroatoms. The van der Waals surface area contributed by atoms with Crippen molar-refractivity contribution in [3.05, 3.63) is 29.8 Å². The molecule has 0 radical (unpaired) electrons. The number of nitrogens with one attached hydrogen (secondary N) is 1. The molecule has 0 amide bonds. The van der Waals surface area contributed by atoms with E-state index in [-0.39, 0.29) is 5.71 Å². The van der Waals surface area contributed by atoms with Gasteiger partial charge in [-0.05, 0) is 18.6 Å². The minimum Gasteiger partial charge on any atom is -0.380 e. The first-order valence-electron chi connectivity index (χ1n) is 5.18. The average molecular weight is 235 g/mol. The fourth-order valence-electron chi connectivity index (χ4n) is 1.58. The van der Waals surface area contributed by atoms with Gasteiger partial charge >= 0.3 is 0 Å². The second-order valence-electron chi connectivity index (χ2n) is 3.66. The van der Waals surface area contributed by atoms with E-state index in [1.165, 1.54) is 0 Å². The van der Waals surface area contributed by atoms with Gasteiger partial charge in [-0.25, -0.2) is 0 Å². The monoisotopic (exact) mass is 235 g/mol. The third kappa shape index (κ3) is 2.71. The zero-order valence-electron chi connectivity index (χ0n) is 8.81. The highest BCUT2D eigenvalue weighted by Gasteiger charge is 2.16. The van der Waals surface area contributed by atoms with Gasteiger partial charge in [0.1, 0.15) is 5.71 Å². The van der Waals surface area contributed by atoms with Gasteiger partial charge in [0.25, 0.3) is 0 Å². The van der Waals surface area contributed by atoms with E-state index < -0.39 is 0 Å². The predicted molar refractivity (Wildman–Crippen MR) is 64.4 cm³/mol. The molecule has 1 heterocycles. The van der Waals surface area contributed by atoms with Crippen LogP contribution < -0.4 is 0 Å². The third-order valence-electron chi connectivity index (χ3n) is 2.47. The van der Waals surface area contributed by atoms with Crippen molar-refractivity contribution in [1.29, 1.82) is 5.41 Å². The van der Waals surface area contributed by atoms with Gasteiger partial charge in [0.05, 0.1) is 6.61 Å². The minimum absolute atomic E-state index is 0.0285. The molecule has 1 aliphatic heterocycles. The molecule has 1 saturated heterocycles. The van der Waals surface area contributed by atoms with Gasteiger partial charge in [-0.2, -0.15) is 0 Å². The second kappa shape index (κ2) is 5.27. The molecule has 0 bridgehead atoms. The topological polar surface area (TPSA) is 50.2 Å². The van der Waals surface area contributed by atoms with Crippen molar-refractivity contribution in [2.75, 3.05) is 13.2 Å². The van der Waals surface area contributed by atoms with Crippen LogP contribution in [0.2, 0.25) is 0 Å². The van der Waals surface area contributed by atoms with E-state index in [2.05, 4.69) is 0 Å². The zero-order valence-corrected chi connectivity index (χ0v) is 9.63. The fraction of sp³-hybridized carbons (Fsp3) is 0.333. The van der Waals surface area contributed by atoms with E-state index in [9.17, 15) is 4.79 Å². The van der Waals surface area contributed by atoms with Crippen LogP contribution in [-0.2, 0) is 9.53 Å². The van der Waals surface area contributed by atoms with Gasteiger partial charge in [0, 0.05) is 22.3 Å². The highest BCUT2D eigenvalue weighted by molar-refractivity contribution is 8.00. The summed E-state index contributed by atoms with van der Waals surface area (Å²) in [6.45, 7) is 1.67. The highest BCUT2D eigenvalue weighted by atomic mass is 32.2. The summed E-state index contributed by atoms with van der Waals surface area (Å²) < 4.78 is 5.31. The molecule has 2 rings (SSSR count). The molecule has 0 spiro atoms. The lowest BCUT2D eigenvalue weighted by atomic mass is 10.1. The average Bonchev–Trinajstić information content (AvgIpc) is 2.82. The van der Waals surface area contributed by atoms with Crippen LogP contribution in [0.1, 0.15) is 12.0 Å². The summed E-state index contributed by atoms with van der Waals surface area (Å²) in [4.78, 5) is 11.6. The molecule has 1 fully saturated rings. The molecule has 1 unspecified atom stereocenters. The quantitative estimate of drug-likeness (QED) is 0.642. The van der Waals surface area contributed by atoms with Crippen molar-refractivity contribution in [2.24, 2.45) is 0 Å². The van der Waals surface area contributed by atoms with Crippen LogP contribution in [0.4, 0.5) is 0 Å². The number of carbonyl (C=O) groups excluding carboxylic acids is 1. The zero-order chi connectivity index (χ0) is 11.4. The van der Waals surface area contributed by atoms with Crippen LogP contribution in [0, 0.1) is 5.41 Å². The summed E-state index contributed by atoms with van der Waals surface area (Å²) in [6, 6.07) is 7.54. The van der Waals surface area contributed by atoms with Crippen LogP contribution in [0.3, 0.4) is 0 Å². The summed E-state index contributed by atoms with van der Waals surface area (Å²) in [5.74, 6) is 0. The fourth-order valence-corrected chi connectivity index (χ4v) is 2.64. The standard InChI is InChI=1S/C12H13NO2S/c13-12(7-14)9-1-3-10(4-2-9)16-11-5-6-15-8-11/h1-4,7,11,13H,5-6,8H2. The van der Waals surface area contributed by atoms with Crippen molar-refractivity contribution in [1.82, 2.24) is 0 Å². The smallest absolute Gasteiger partial charge is 0.168 e. The first-order chi connectivity index (χ1) is 7.79. The number of hydrogen-bond donors (Lipinski definition) is 1. The lowest BCUT2D eigenvalue weighted by Crippen LogP contribution is -2.01. The molecule has 1 aromatic carbocycles. The Morgan fingerprint density at radius 3 is 2.75 bits per heavy atom. The number of ether oxygens (including phenoxy) is 1. The summed E-state index contributed by atoms with van der Waals surface area (Å²) >= 11 is 1.80. The number of hydrogen-bond acceptors (Lipinski definition) is 4. The Balaban J connectivity index is 2.01. The summed E-state index contributed by atoms with van der Waals surface area (Å²) in [6.07, 6.45) is 1.66. The first kappa shape index (κ1) is 11.4. The molecule has 1 atom stereocenters. The van der Waals surface area contributed by atoms with E-state index in [1.807, 2.05) is 24.3 Å². The molecule has 1 aromatic rings. The summed E-state index contributed by atoms with van der Waals surface area (Å²) in [5.41, 5.74) is 0.697. The Kier molecular flexibility index (Phi) is 3.74. The molecule has 0 aliphatic carbocycles. The van der Waals surface area contributed by atoms with E-state index in [4.69, 9.17) is 10.1 Å². The molecule has 1 N–H and O–H groups in total. The Labute approximate surface area is 98.7 Å². The van der Waals surface area contributed by atoms with Gasteiger partial charge in [0.15, 0.2) is 6.29 Å². The van der Waals surface area contributed by atoms with Crippen LogP contribution >= 0.6 is 11.8 Å². The Morgan fingerprint density at radius 2 is 2.19 bits per heavy atom.